The van der Waals surface area contributed by atoms with Crippen LogP contribution in [0.5, 0.6) is 0 Å². The lowest BCUT2D eigenvalue weighted by Crippen LogP contribution is -2.54. The molecule has 1 aromatic rings. The summed E-state index contributed by atoms with van der Waals surface area (Å²) in [5, 5.41) is 10.3. The Balaban J connectivity index is 2.03. The number of thiophene rings is 1. The number of piperazine rings is 1. The molecule has 1 saturated heterocycles. The SMILES string of the molecule is CCOC(=O)C1=C(CN2CCNC(C)C2)N(CC)C(=O)NC1c1ccsc1. The van der Waals surface area contributed by atoms with Gasteiger partial charge in [0.25, 0.3) is 0 Å². The van der Waals surface area contributed by atoms with Crippen molar-refractivity contribution in [2.45, 2.75) is 32.9 Å². The van der Waals surface area contributed by atoms with E-state index < -0.39 is 6.04 Å². The first-order valence-corrected chi connectivity index (χ1v) is 10.4. The van der Waals surface area contributed by atoms with Crippen LogP contribution in [0.25, 0.3) is 0 Å². The van der Waals surface area contributed by atoms with E-state index in [1.54, 1.807) is 23.2 Å². The van der Waals surface area contributed by atoms with Gasteiger partial charge in [-0.15, -0.1) is 0 Å². The van der Waals surface area contributed by atoms with E-state index in [1.807, 2.05) is 23.8 Å². The Morgan fingerprint density at radius 3 is 2.85 bits per heavy atom. The average molecular weight is 393 g/mol. The minimum absolute atomic E-state index is 0.167. The van der Waals surface area contributed by atoms with Gasteiger partial charge in [0.15, 0.2) is 0 Å². The molecule has 2 atom stereocenters. The highest BCUT2D eigenvalue weighted by molar-refractivity contribution is 7.08. The molecule has 0 spiro atoms. The van der Waals surface area contributed by atoms with Crippen LogP contribution in [0.2, 0.25) is 0 Å². The molecule has 2 aliphatic heterocycles. The molecule has 0 radical (unpaired) electrons. The zero-order chi connectivity index (χ0) is 19.4. The van der Waals surface area contributed by atoms with Gasteiger partial charge >= 0.3 is 12.0 Å². The van der Waals surface area contributed by atoms with Gasteiger partial charge in [-0.1, -0.05) is 0 Å². The number of ether oxygens (including phenoxy) is 1. The van der Waals surface area contributed by atoms with E-state index in [4.69, 9.17) is 4.74 Å². The number of carbonyl (C=O) groups is 2. The van der Waals surface area contributed by atoms with Crippen LogP contribution in [0.1, 0.15) is 32.4 Å². The van der Waals surface area contributed by atoms with Gasteiger partial charge in [0.1, 0.15) is 0 Å². The fraction of sp³-hybridized carbons (Fsp3) is 0.579. The van der Waals surface area contributed by atoms with Gasteiger partial charge in [-0.25, -0.2) is 9.59 Å². The molecule has 3 heterocycles. The van der Waals surface area contributed by atoms with Crippen molar-refractivity contribution in [1.82, 2.24) is 20.4 Å². The van der Waals surface area contributed by atoms with Crippen LogP contribution in [0.3, 0.4) is 0 Å². The third kappa shape index (κ3) is 4.34. The first-order chi connectivity index (χ1) is 13.0. The van der Waals surface area contributed by atoms with Crippen LogP contribution in [0, 0.1) is 0 Å². The number of likely N-dealkylation sites (N-methyl/N-ethyl adjacent to an activating group) is 1. The van der Waals surface area contributed by atoms with E-state index in [0.717, 1.165) is 30.9 Å². The fourth-order valence-corrected chi connectivity index (χ4v) is 4.40. The van der Waals surface area contributed by atoms with Gasteiger partial charge in [0, 0.05) is 44.5 Å². The minimum Gasteiger partial charge on any atom is -0.463 e. The van der Waals surface area contributed by atoms with Crippen molar-refractivity contribution in [2.24, 2.45) is 0 Å². The third-order valence-corrected chi connectivity index (χ3v) is 5.65. The van der Waals surface area contributed by atoms with Crippen molar-refractivity contribution in [3.63, 3.8) is 0 Å². The summed E-state index contributed by atoms with van der Waals surface area (Å²) in [5.41, 5.74) is 2.21. The summed E-state index contributed by atoms with van der Waals surface area (Å²) in [4.78, 5) is 29.6. The van der Waals surface area contributed by atoms with Crippen molar-refractivity contribution in [2.75, 3.05) is 39.3 Å². The molecule has 0 aliphatic carbocycles. The zero-order valence-electron chi connectivity index (χ0n) is 16.2. The molecular weight excluding hydrogens is 364 g/mol. The van der Waals surface area contributed by atoms with Crippen LogP contribution < -0.4 is 10.6 Å². The Kier molecular flexibility index (Phi) is 6.51. The smallest absolute Gasteiger partial charge is 0.338 e. The maximum Gasteiger partial charge on any atom is 0.338 e. The number of nitrogens with one attached hydrogen (secondary N) is 2. The minimum atomic E-state index is -0.471. The second-order valence-corrected chi connectivity index (χ2v) is 7.63. The quantitative estimate of drug-likeness (QED) is 0.724. The van der Waals surface area contributed by atoms with Crippen LogP contribution >= 0.6 is 11.3 Å². The van der Waals surface area contributed by atoms with E-state index in [-0.39, 0.29) is 12.0 Å². The van der Waals surface area contributed by atoms with Crippen molar-refractivity contribution >= 4 is 23.3 Å². The van der Waals surface area contributed by atoms with Gasteiger partial charge in [-0.3, -0.25) is 9.80 Å². The van der Waals surface area contributed by atoms with Crippen molar-refractivity contribution in [3.8, 4) is 0 Å². The summed E-state index contributed by atoms with van der Waals surface area (Å²) in [6, 6.07) is 1.69. The van der Waals surface area contributed by atoms with Crippen LogP contribution in [-0.4, -0.2) is 67.2 Å². The second kappa shape index (κ2) is 8.86. The van der Waals surface area contributed by atoms with Gasteiger partial charge in [-0.05, 0) is 43.2 Å². The summed E-state index contributed by atoms with van der Waals surface area (Å²) in [5.74, 6) is -0.356. The molecule has 0 bridgehead atoms. The number of hydrogen-bond donors (Lipinski definition) is 2. The van der Waals surface area contributed by atoms with Crippen LogP contribution in [-0.2, 0) is 9.53 Å². The molecular formula is C19H28N4O3S. The summed E-state index contributed by atoms with van der Waals surface area (Å²) >= 11 is 1.55. The predicted molar refractivity (Wildman–Crippen MR) is 106 cm³/mol. The predicted octanol–water partition coefficient (Wildman–Crippen LogP) is 1.95. The number of esters is 1. The summed E-state index contributed by atoms with van der Waals surface area (Å²) in [6.07, 6.45) is 0. The van der Waals surface area contributed by atoms with E-state index in [1.165, 1.54) is 0 Å². The van der Waals surface area contributed by atoms with Crippen molar-refractivity contribution in [1.29, 1.82) is 0 Å². The molecule has 3 rings (SSSR count). The Labute approximate surface area is 164 Å². The van der Waals surface area contributed by atoms with Gasteiger partial charge in [0.2, 0.25) is 0 Å². The Morgan fingerprint density at radius 2 is 2.22 bits per heavy atom. The summed E-state index contributed by atoms with van der Waals surface area (Å²) < 4.78 is 5.38. The standard InChI is InChI=1S/C19H28N4O3S/c1-4-23-15(11-22-8-7-20-13(3)10-22)16(18(24)26-5-2)17(21-19(23)25)14-6-9-27-12-14/h6,9,12-13,17,20H,4-5,7-8,10-11H2,1-3H3,(H,21,25). The molecule has 0 aromatic carbocycles. The molecule has 2 unspecified atom stereocenters. The molecule has 1 aromatic heterocycles. The molecule has 2 N–H and O–H groups in total. The molecule has 148 valence electrons. The highest BCUT2D eigenvalue weighted by atomic mass is 32.1. The van der Waals surface area contributed by atoms with Crippen LogP contribution in [0.15, 0.2) is 28.1 Å². The van der Waals surface area contributed by atoms with E-state index in [2.05, 4.69) is 22.5 Å². The number of carbonyl (C=O) groups excluding carboxylic acids is 2. The summed E-state index contributed by atoms with van der Waals surface area (Å²) in [7, 11) is 0. The lowest BCUT2D eigenvalue weighted by atomic mass is 9.96. The third-order valence-electron chi connectivity index (χ3n) is 4.95. The highest BCUT2D eigenvalue weighted by Gasteiger charge is 2.38. The maximum absolute atomic E-state index is 12.9. The molecule has 2 amide bonds. The molecule has 1 fully saturated rings. The number of amides is 2. The van der Waals surface area contributed by atoms with Gasteiger partial charge in [-0.2, -0.15) is 11.3 Å². The maximum atomic E-state index is 12.9. The van der Waals surface area contributed by atoms with E-state index in [9.17, 15) is 9.59 Å². The van der Waals surface area contributed by atoms with Gasteiger partial charge < -0.3 is 15.4 Å². The fourth-order valence-electron chi connectivity index (χ4n) is 3.71. The average Bonchev–Trinajstić information content (AvgIpc) is 3.16. The highest BCUT2D eigenvalue weighted by Crippen LogP contribution is 2.33. The number of hydrogen-bond acceptors (Lipinski definition) is 6. The van der Waals surface area contributed by atoms with Crippen molar-refractivity contribution in [3.05, 3.63) is 33.7 Å². The lowest BCUT2D eigenvalue weighted by Gasteiger charge is -2.39. The Morgan fingerprint density at radius 1 is 1.41 bits per heavy atom. The first-order valence-electron chi connectivity index (χ1n) is 9.51. The Hall–Kier alpha value is -1.90. The topological polar surface area (TPSA) is 73.9 Å². The van der Waals surface area contributed by atoms with E-state index >= 15 is 0 Å². The van der Waals surface area contributed by atoms with Gasteiger partial charge in [0.05, 0.1) is 18.2 Å². The molecule has 0 saturated carbocycles. The normalized spacial score (nSPS) is 24.1. The number of nitrogens with zero attached hydrogens (tertiary/aromatic N) is 2. The number of urea groups is 1. The van der Waals surface area contributed by atoms with E-state index in [0.29, 0.717) is 31.3 Å². The summed E-state index contributed by atoms with van der Waals surface area (Å²) in [6.45, 7) is 9.89. The molecule has 27 heavy (non-hydrogen) atoms. The van der Waals surface area contributed by atoms with Crippen LogP contribution in [0.4, 0.5) is 4.79 Å². The lowest BCUT2D eigenvalue weighted by molar-refractivity contribution is -0.139. The Bertz CT molecular complexity index is 704. The monoisotopic (exact) mass is 392 g/mol. The molecule has 7 nitrogen and oxygen atoms in total. The number of rotatable bonds is 6. The molecule has 2 aliphatic rings. The zero-order valence-corrected chi connectivity index (χ0v) is 17.0. The first kappa shape index (κ1) is 19.9. The largest absolute Gasteiger partial charge is 0.463 e. The van der Waals surface area contributed by atoms with Crippen molar-refractivity contribution < 1.29 is 14.3 Å². The second-order valence-electron chi connectivity index (χ2n) is 6.85. The molecule has 8 heteroatoms.